The van der Waals surface area contributed by atoms with Crippen molar-refractivity contribution in [3.8, 4) is 33.4 Å². The van der Waals surface area contributed by atoms with Crippen LogP contribution in [0, 0.1) is 0 Å². The third-order valence-electron chi connectivity index (χ3n) is 12.2. The molecule has 280 valence electrons. The predicted octanol–water partition coefficient (Wildman–Crippen LogP) is 17.1. The molecule has 1 nitrogen and oxygen atoms in total. The second-order valence-corrected chi connectivity index (χ2v) is 16.7. The Balaban J connectivity index is 1.02. The fraction of sp³-hybridized carbons (Fsp3) is 0. The summed E-state index contributed by atoms with van der Waals surface area (Å²) in [6.45, 7) is 0. The summed E-state index contributed by atoms with van der Waals surface area (Å²) < 4.78 is 2.65. The van der Waals surface area contributed by atoms with Gasteiger partial charge in [-0.25, -0.2) is 0 Å². The highest BCUT2D eigenvalue weighted by Crippen LogP contribution is 2.45. The van der Waals surface area contributed by atoms with Crippen molar-refractivity contribution in [3.05, 3.63) is 224 Å². The Bertz CT molecular complexity index is 3600. The number of nitrogens with zero attached hydrogens (tertiary/aromatic N) is 1. The van der Waals surface area contributed by atoms with Crippen molar-refractivity contribution in [1.82, 2.24) is 0 Å². The molecule has 0 N–H and O–H groups in total. The van der Waals surface area contributed by atoms with Crippen molar-refractivity contribution in [2.45, 2.75) is 0 Å². The van der Waals surface area contributed by atoms with Gasteiger partial charge < -0.3 is 4.90 Å². The number of fused-ring (bicyclic) bond motifs is 9. The lowest BCUT2D eigenvalue weighted by molar-refractivity contribution is 1.28. The minimum Gasteiger partial charge on any atom is -0.310 e. The Morgan fingerprint density at radius 3 is 1.57 bits per heavy atom. The van der Waals surface area contributed by atoms with Crippen LogP contribution in [0.4, 0.5) is 17.1 Å². The molecule has 0 saturated carbocycles. The highest BCUT2D eigenvalue weighted by molar-refractivity contribution is 7.26. The van der Waals surface area contributed by atoms with E-state index in [0.29, 0.717) is 0 Å². The highest BCUT2D eigenvalue weighted by atomic mass is 32.1. The summed E-state index contributed by atoms with van der Waals surface area (Å²) in [5.41, 5.74) is 10.6. The van der Waals surface area contributed by atoms with Gasteiger partial charge in [-0.15, -0.1) is 11.3 Å². The Kier molecular flexibility index (Phi) is 8.11. The standard InChI is InChI=1S/C58H37NS/c1-3-14-46-38(12-1)24-25-40-26-27-43(37-54(40)46)48-16-7-9-22-56(48)59(44-32-28-39(29-33-44)49-20-11-21-53-52-19-8-10-23-57(52)60-58(49)53)45-34-30-41(31-35-45)55-36-42-13-2-4-15-47(42)50-17-5-6-18-51(50)55/h1-37H. The molecule has 1 aromatic heterocycles. The maximum absolute atomic E-state index is 2.43. The second-order valence-electron chi connectivity index (χ2n) is 15.6. The normalized spacial score (nSPS) is 11.7. The lowest BCUT2D eigenvalue weighted by Gasteiger charge is -2.28. The molecule has 0 unspecified atom stereocenters. The van der Waals surface area contributed by atoms with Gasteiger partial charge in [0.2, 0.25) is 0 Å². The molecule has 0 bridgehead atoms. The average Bonchev–Trinajstić information content (AvgIpc) is 3.71. The first-order chi connectivity index (χ1) is 29.7. The lowest BCUT2D eigenvalue weighted by Crippen LogP contribution is -2.11. The highest BCUT2D eigenvalue weighted by Gasteiger charge is 2.19. The van der Waals surface area contributed by atoms with Crippen LogP contribution in [-0.4, -0.2) is 0 Å². The molecule has 0 amide bonds. The molecular weight excluding hydrogens is 743 g/mol. The molecule has 0 atom stereocenters. The Hall–Kier alpha value is -7.52. The van der Waals surface area contributed by atoms with E-state index in [2.05, 4.69) is 229 Å². The van der Waals surface area contributed by atoms with Crippen LogP contribution in [0.2, 0.25) is 0 Å². The monoisotopic (exact) mass is 779 g/mol. The summed E-state index contributed by atoms with van der Waals surface area (Å²) in [6.07, 6.45) is 0. The number of anilines is 3. The van der Waals surface area contributed by atoms with Gasteiger partial charge in [-0.3, -0.25) is 0 Å². The van der Waals surface area contributed by atoms with E-state index in [1.54, 1.807) is 0 Å². The third kappa shape index (κ3) is 5.68. The van der Waals surface area contributed by atoms with Crippen LogP contribution >= 0.6 is 11.3 Å². The van der Waals surface area contributed by atoms with E-state index < -0.39 is 0 Å². The predicted molar refractivity (Wildman–Crippen MR) is 260 cm³/mol. The molecule has 0 spiro atoms. The summed E-state index contributed by atoms with van der Waals surface area (Å²) in [5, 5.41) is 12.7. The molecule has 0 aliphatic heterocycles. The average molecular weight is 780 g/mol. The zero-order chi connectivity index (χ0) is 39.6. The molecule has 11 aromatic carbocycles. The first-order valence-electron chi connectivity index (χ1n) is 20.6. The van der Waals surface area contributed by atoms with Gasteiger partial charge >= 0.3 is 0 Å². The van der Waals surface area contributed by atoms with E-state index in [9.17, 15) is 0 Å². The van der Waals surface area contributed by atoms with E-state index in [1.807, 2.05) is 11.3 Å². The van der Waals surface area contributed by atoms with Gasteiger partial charge in [-0.2, -0.15) is 0 Å². The number of benzene rings is 11. The van der Waals surface area contributed by atoms with Gasteiger partial charge in [-0.05, 0) is 119 Å². The third-order valence-corrected chi connectivity index (χ3v) is 13.5. The van der Waals surface area contributed by atoms with Gasteiger partial charge in [0.25, 0.3) is 0 Å². The van der Waals surface area contributed by atoms with Crippen molar-refractivity contribution < 1.29 is 0 Å². The van der Waals surface area contributed by atoms with Gasteiger partial charge in [0.1, 0.15) is 0 Å². The van der Waals surface area contributed by atoms with Crippen molar-refractivity contribution in [3.63, 3.8) is 0 Å². The van der Waals surface area contributed by atoms with Crippen molar-refractivity contribution in [2.75, 3.05) is 4.90 Å². The molecule has 2 heteroatoms. The molecular formula is C58H37NS. The fourth-order valence-electron chi connectivity index (χ4n) is 9.36. The van der Waals surface area contributed by atoms with Crippen LogP contribution in [0.3, 0.4) is 0 Å². The van der Waals surface area contributed by atoms with E-state index in [-0.39, 0.29) is 0 Å². The maximum Gasteiger partial charge on any atom is 0.0540 e. The largest absolute Gasteiger partial charge is 0.310 e. The van der Waals surface area contributed by atoms with Crippen molar-refractivity contribution in [1.29, 1.82) is 0 Å². The molecule has 12 aromatic rings. The summed E-state index contributed by atoms with van der Waals surface area (Å²) in [7, 11) is 0. The Morgan fingerprint density at radius 1 is 0.283 bits per heavy atom. The number of rotatable bonds is 6. The van der Waals surface area contributed by atoms with Crippen LogP contribution in [0.25, 0.3) is 96.6 Å². The van der Waals surface area contributed by atoms with Crippen molar-refractivity contribution in [2.24, 2.45) is 0 Å². The number of para-hydroxylation sites is 1. The molecule has 0 fully saturated rings. The zero-order valence-electron chi connectivity index (χ0n) is 32.7. The second kappa shape index (κ2) is 14.1. The number of thiophene rings is 1. The van der Waals surface area contributed by atoms with Crippen molar-refractivity contribution >= 4 is 91.7 Å². The summed E-state index contributed by atoms with van der Waals surface area (Å²) >= 11 is 1.88. The first kappa shape index (κ1) is 34.5. The lowest BCUT2D eigenvalue weighted by atomic mass is 9.93. The topological polar surface area (TPSA) is 3.24 Å². The van der Waals surface area contributed by atoms with Gasteiger partial charge in [0.15, 0.2) is 0 Å². The van der Waals surface area contributed by atoms with Crippen LogP contribution in [0.5, 0.6) is 0 Å². The van der Waals surface area contributed by atoms with E-state index in [4.69, 9.17) is 0 Å². The van der Waals surface area contributed by atoms with Crippen LogP contribution in [0.15, 0.2) is 224 Å². The fourth-order valence-corrected chi connectivity index (χ4v) is 10.6. The maximum atomic E-state index is 2.43. The molecule has 60 heavy (non-hydrogen) atoms. The van der Waals surface area contributed by atoms with Gasteiger partial charge in [-0.1, -0.05) is 176 Å². The number of hydrogen-bond acceptors (Lipinski definition) is 2. The van der Waals surface area contributed by atoms with Gasteiger partial charge in [0.05, 0.1) is 5.69 Å². The zero-order valence-corrected chi connectivity index (χ0v) is 33.5. The van der Waals surface area contributed by atoms with E-state index >= 15 is 0 Å². The molecule has 12 rings (SSSR count). The first-order valence-corrected chi connectivity index (χ1v) is 21.4. The smallest absolute Gasteiger partial charge is 0.0540 e. The van der Waals surface area contributed by atoms with Gasteiger partial charge in [0, 0.05) is 37.1 Å². The molecule has 0 radical (unpaired) electrons. The molecule has 0 aliphatic rings. The quantitative estimate of drug-likeness (QED) is 0.152. The number of hydrogen-bond donors (Lipinski definition) is 0. The molecule has 0 aliphatic carbocycles. The minimum atomic E-state index is 1.10. The summed E-state index contributed by atoms with van der Waals surface area (Å²) in [5.74, 6) is 0. The molecule has 0 saturated heterocycles. The van der Waals surface area contributed by atoms with E-state index in [0.717, 1.165) is 17.1 Å². The Morgan fingerprint density at radius 2 is 0.800 bits per heavy atom. The van der Waals surface area contributed by atoms with Crippen LogP contribution in [0.1, 0.15) is 0 Å². The summed E-state index contributed by atoms with van der Waals surface area (Å²) in [4.78, 5) is 2.43. The molecule has 1 heterocycles. The minimum absolute atomic E-state index is 1.10. The van der Waals surface area contributed by atoms with Crippen LogP contribution in [-0.2, 0) is 0 Å². The van der Waals surface area contributed by atoms with Crippen LogP contribution < -0.4 is 4.90 Å². The Labute approximate surface area is 352 Å². The summed E-state index contributed by atoms with van der Waals surface area (Å²) in [6, 6.07) is 82.5. The SMILES string of the molecule is c1ccc(N(c2ccc(-c3cc4ccccc4c4ccccc34)cc2)c2ccc(-c3cccc4c3sc3ccccc34)cc2)c(-c2ccc3ccc4ccccc4c3c2)c1. The van der Waals surface area contributed by atoms with E-state index in [1.165, 1.54) is 96.6 Å².